The maximum Gasteiger partial charge on any atom is 0.280 e. The van der Waals surface area contributed by atoms with Crippen molar-refractivity contribution in [3.05, 3.63) is 78.4 Å². The van der Waals surface area contributed by atoms with Crippen molar-refractivity contribution in [1.82, 2.24) is 5.43 Å². The number of nitrogens with one attached hydrogen (secondary N) is 1. The van der Waals surface area contributed by atoms with Crippen LogP contribution in [0.3, 0.4) is 0 Å². The van der Waals surface area contributed by atoms with E-state index in [0.717, 1.165) is 11.1 Å². The summed E-state index contributed by atoms with van der Waals surface area (Å²) in [6, 6.07) is 23.0. The quantitative estimate of drug-likeness (QED) is 0.449. The number of amides is 1. The number of hydrazone groups is 1. The fourth-order valence-electron chi connectivity index (χ4n) is 2.81. The lowest BCUT2D eigenvalue weighted by Gasteiger charge is -2.13. The van der Waals surface area contributed by atoms with E-state index in [-0.39, 0.29) is 5.91 Å². The molecule has 0 saturated carbocycles. The van der Waals surface area contributed by atoms with Gasteiger partial charge in [-0.1, -0.05) is 42.5 Å². The normalized spacial score (nSPS) is 11.7. The van der Waals surface area contributed by atoms with Crippen LogP contribution in [0.2, 0.25) is 0 Å². The highest BCUT2D eigenvalue weighted by Crippen LogP contribution is 2.23. The maximum absolute atomic E-state index is 12.3. The molecule has 1 atom stereocenters. The number of rotatable bonds is 8. The van der Waals surface area contributed by atoms with Crippen LogP contribution in [0.4, 0.5) is 0 Å². The molecule has 30 heavy (non-hydrogen) atoms. The van der Waals surface area contributed by atoms with Crippen LogP contribution >= 0.6 is 0 Å². The lowest BCUT2D eigenvalue weighted by Crippen LogP contribution is -2.33. The van der Waals surface area contributed by atoms with Crippen LogP contribution in [-0.2, 0) is 4.79 Å². The molecule has 3 aromatic carbocycles. The van der Waals surface area contributed by atoms with Gasteiger partial charge >= 0.3 is 0 Å². The molecule has 0 heterocycles. The number of carbonyl (C=O) groups is 1. The second-order valence-electron chi connectivity index (χ2n) is 6.49. The molecule has 0 fully saturated rings. The van der Waals surface area contributed by atoms with E-state index >= 15 is 0 Å². The third kappa shape index (κ3) is 5.38. The first-order valence-corrected chi connectivity index (χ1v) is 9.48. The average molecular weight is 404 g/mol. The minimum Gasteiger partial charge on any atom is -0.497 e. The van der Waals surface area contributed by atoms with Crippen molar-refractivity contribution in [2.75, 3.05) is 14.2 Å². The van der Waals surface area contributed by atoms with Crippen molar-refractivity contribution < 1.29 is 19.0 Å². The van der Waals surface area contributed by atoms with Crippen LogP contribution in [0.1, 0.15) is 12.5 Å². The molecule has 0 aromatic heterocycles. The molecule has 1 amide bonds. The summed E-state index contributed by atoms with van der Waals surface area (Å²) in [5.74, 6) is 1.53. The van der Waals surface area contributed by atoms with E-state index in [1.54, 1.807) is 39.3 Å². The van der Waals surface area contributed by atoms with Crippen molar-refractivity contribution in [3.8, 4) is 28.4 Å². The lowest BCUT2D eigenvalue weighted by atomic mass is 10.1. The van der Waals surface area contributed by atoms with E-state index in [4.69, 9.17) is 14.2 Å². The van der Waals surface area contributed by atoms with Gasteiger partial charge in [0, 0.05) is 5.56 Å². The van der Waals surface area contributed by atoms with Gasteiger partial charge in [0.15, 0.2) is 6.10 Å². The lowest BCUT2D eigenvalue weighted by molar-refractivity contribution is -0.127. The number of ether oxygens (including phenoxy) is 3. The molecular formula is C24H24N2O4. The molecule has 0 spiro atoms. The zero-order chi connectivity index (χ0) is 21.3. The molecule has 0 saturated heterocycles. The van der Waals surface area contributed by atoms with Crippen LogP contribution in [-0.4, -0.2) is 32.4 Å². The minimum atomic E-state index is -0.711. The summed E-state index contributed by atoms with van der Waals surface area (Å²) in [6.45, 7) is 1.67. The number of methoxy groups -OCH3 is 2. The number of benzene rings is 3. The second-order valence-corrected chi connectivity index (χ2v) is 6.49. The number of hydrogen-bond donors (Lipinski definition) is 1. The molecule has 0 bridgehead atoms. The summed E-state index contributed by atoms with van der Waals surface area (Å²) < 4.78 is 16.2. The zero-order valence-electron chi connectivity index (χ0n) is 17.2. The van der Waals surface area contributed by atoms with Gasteiger partial charge in [-0.15, -0.1) is 0 Å². The Labute approximate surface area is 176 Å². The van der Waals surface area contributed by atoms with Gasteiger partial charge in [-0.3, -0.25) is 4.79 Å². The van der Waals surface area contributed by atoms with Crippen molar-refractivity contribution in [2.24, 2.45) is 5.10 Å². The average Bonchev–Trinajstić information content (AvgIpc) is 2.80. The largest absolute Gasteiger partial charge is 0.497 e. The molecule has 3 aromatic rings. The molecule has 0 aliphatic carbocycles. The number of nitrogens with zero attached hydrogens (tertiary/aromatic N) is 1. The Morgan fingerprint density at radius 2 is 1.57 bits per heavy atom. The first-order valence-electron chi connectivity index (χ1n) is 9.48. The first-order chi connectivity index (χ1) is 14.6. The van der Waals surface area contributed by atoms with E-state index < -0.39 is 6.10 Å². The summed E-state index contributed by atoms with van der Waals surface area (Å²) in [5, 5.41) is 4.00. The summed E-state index contributed by atoms with van der Waals surface area (Å²) >= 11 is 0. The summed E-state index contributed by atoms with van der Waals surface area (Å²) in [4.78, 5) is 12.3. The van der Waals surface area contributed by atoms with Crippen LogP contribution in [0, 0.1) is 0 Å². The highest BCUT2D eigenvalue weighted by atomic mass is 16.5. The molecule has 6 heteroatoms. The fourth-order valence-corrected chi connectivity index (χ4v) is 2.81. The van der Waals surface area contributed by atoms with Gasteiger partial charge in [0.2, 0.25) is 0 Å². The van der Waals surface area contributed by atoms with Gasteiger partial charge < -0.3 is 14.2 Å². The first kappa shape index (κ1) is 20.9. The maximum atomic E-state index is 12.3. The van der Waals surface area contributed by atoms with Crippen LogP contribution in [0.25, 0.3) is 11.1 Å². The Morgan fingerprint density at radius 1 is 0.900 bits per heavy atom. The van der Waals surface area contributed by atoms with E-state index in [0.29, 0.717) is 22.8 Å². The van der Waals surface area contributed by atoms with Gasteiger partial charge in [0.05, 0.1) is 20.4 Å². The Bertz CT molecular complexity index is 1000. The SMILES string of the molecule is COc1ccc(OC)c(/C=N/NC(=O)C(C)Oc2ccc(-c3ccccc3)cc2)c1. The molecule has 6 nitrogen and oxygen atoms in total. The zero-order valence-corrected chi connectivity index (χ0v) is 17.2. The molecule has 1 N–H and O–H groups in total. The van der Waals surface area contributed by atoms with E-state index in [2.05, 4.69) is 10.5 Å². The standard InChI is InChI=1S/C24H24N2O4/c1-17(30-21-11-9-19(10-12-21)18-7-5-4-6-8-18)24(27)26-25-16-20-15-22(28-2)13-14-23(20)29-3/h4-17H,1-3H3,(H,26,27)/b25-16+. The second kappa shape index (κ2) is 10.1. The number of hydrogen-bond acceptors (Lipinski definition) is 5. The Hall–Kier alpha value is -3.80. The Morgan fingerprint density at radius 3 is 2.23 bits per heavy atom. The summed E-state index contributed by atoms with van der Waals surface area (Å²) in [5.41, 5.74) is 5.37. The molecular weight excluding hydrogens is 380 g/mol. The minimum absolute atomic E-state index is 0.361. The smallest absolute Gasteiger partial charge is 0.280 e. The van der Waals surface area contributed by atoms with Gasteiger partial charge in [-0.05, 0) is 48.4 Å². The van der Waals surface area contributed by atoms with Crippen LogP contribution in [0.5, 0.6) is 17.2 Å². The third-order valence-electron chi connectivity index (χ3n) is 4.46. The van der Waals surface area contributed by atoms with Gasteiger partial charge in [0.25, 0.3) is 5.91 Å². The predicted octanol–water partition coefficient (Wildman–Crippen LogP) is 4.29. The Balaban J connectivity index is 1.58. The molecule has 0 aliphatic heterocycles. The fraction of sp³-hybridized carbons (Fsp3) is 0.167. The van der Waals surface area contributed by atoms with E-state index in [9.17, 15) is 4.79 Å². The van der Waals surface area contributed by atoms with Crippen molar-refractivity contribution >= 4 is 12.1 Å². The molecule has 0 radical (unpaired) electrons. The number of carbonyl (C=O) groups excluding carboxylic acids is 1. The van der Waals surface area contributed by atoms with Gasteiger partial charge in [0.1, 0.15) is 17.2 Å². The van der Waals surface area contributed by atoms with Crippen LogP contribution < -0.4 is 19.6 Å². The van der Waals surface area contributed by atoms with Gasteiger partial charge in [-0.2, -0.15) is 5.10 Å². The predicted molar refractivity (Wildman–Crippen MR) is 117 cm³/mol. The Kier molecular flexibility index (Phi) is 7.05. The third-order valence-corrected chi connectivity index (χ3v) is 4.46. The molecule has 154 valence electrons. The molecule has 3 rings (SSSR count). The van der Waals surface area contributed by atoms with Crippen molar-refractivity contribution in [2.45, 2.75) is 13.0 Å². The highest BCUT2D eigenvalue weighted by molar-refractivity contribution is 5.86. The topological polar surface area (TPSA) is 69.2 Å². The molecule has 1 unspecified atom stereocenters. The van der Waals surface area contributed by atoms with Crippen LogP contribution in [0.15, 0.2) is 77.9 Å². The highest BCUT2D eigenvalue weighted by Gasteiger charge is 2.14. The van der Waals surface area contributed by atoms with Crippen molar-refractivity contribution in [1.29, 1.82) is 0 Å². The summed E-state index contributed by atoms with van der Waals surface area (Å²) in [7, 11) is 3.15. The molecule has 0 aliphatic rings. The van der Waals surface area contributed by atoms with E-state index in [1.165, 1.54) is 6.21 Å². The monoisotopic (exact) mass is 404 g/mol. The van der Waals surface area contributed by atoms with Gasteiger partial charge in [-0.25, -0.2) is 5.43 Å². The summed E-state index contributed by atoms with van der Waals surface area (Å²) in [6.07, 6.45) is 0.789. The van der Waals surface area contributed by atoms with Crippen molar-refractivity contribution in [3.63, 3.8) is 0 Å². The van der Waals surface area contributed by atoms with E-state index in [1.807, 2.05) is 54.6 Å².